The van der Waals surface area contributed by atoms with Crippen LogP contribution in [0.25, 0.3) is 0 Å². The number of carbonyl (C=O) groups is 1. The summed E-state index contributed by atoms with van der Waals surface area (Å²) in [6.45, 7) is 0.778. The van der Waals surface area contributed by atoms with E-state index in [4.69, 9.17) is 4.74 Å². The number of rotatable bonds is 6. The second-order valence-electron chi connectivity index (χ2n) is 6.83. The number of ether oxygens (including phenoxy) is 1. The lowest BCUT2D eigenvalue weighted by Crippen LogP contribution is -2.31. The van der Waals surface area contributed by atoms with Gasteiger partial charge in [-0.1, -0.05) is 42.1 Å². The van der Waals surface area contributed by atoms with E-state index < -0.39 is 10.0 Å². The average Bonchev–Trinajstić information content (AvgIpc) is 3.26. The Balaban J connectivity index is 1.72. The molecule has 0 aliphatic carbocycles. The van der Waals surface area contributed by atoms with Gasteiger partial charge < -0.3 is 9.64 Å². The minimum atomic E-state index is -3.95. The van der Waals surface area contributed by atoms with Crippen LogP contribution in [0.5, 0.6) is 0 Å². The molecule has 0 unspecified atom stereocenters. The standard InChI is InChI=1S/C21H21N3O4S3/c1-23-16-11-6-7-12-17(16)29-20(23)18-19(25)24(13-8-14-28-2)21(30-18)22-31(26,27)15-9-4-3-5-10-15/h3-7,9-12H,8,13-14H2,1-2H3/b20-18+,22-21?. The summed E-state index contributed by atoms with van der Waals surface area (Å²) < 4.78 is 34.8. The number of methoxy groups -OCH3 is 1. The summed E-state index contributed by atoms with van der Waals surface area (Å²) in [6, 6.07) is 15.9. The second-order valence-corrected chi connectivity index (χ2v) is 10.4. The Morgan fingerprint density at radius 1 is 1.03 bits per heavy atom. The fourth-order valence-electron chi connectivity index (χ4n) is 3.22. The molecule has 10 heteroatoms. The normalized spacial score (nSPS) is 20.1. The molecule has 0 saturated carbocycles. The van der Waals surface area contributed by atoms with Crippen LogP contribution in [0.15, 0.2) is 78.7 Å². The van der Waals surface area contributed by atoms with E-state index in [2.05, 4.69) is 4.40 Å². The zero-order valence-electron chi connectivity index (χ0n) is 17.0. The summed E-state index contributed by atoms with van der Waals surface area (Å²) in [5, 5.41) is 0.938. The maximum Gasteiger partial charge on any atom is 0.284 e. The molecule has 0 bridgehead atoms. The van der Waals surface area contributed by atoms with Gasteiger partial charge in [0.1, 0.15) is 4.91 Å². The van der Waals surface area contributed by atoms with Crippen LogP contribution in [0.2, 0.25) is 0 Å². The van der Waals surface area contributed by atoms with Crippen molar-refractivity contribution in [3.63, 3.8) is 0 Å². The minimum Gasteiger partial charge on any atom is -0.385 e. The first-order valence-electron chi connectivity index (χ1n) is 9.56. The molecule has 1 saturated heterocycles. The van der Waals surface area contributed by atoms with Gasteiger partial charge in [-0.3, -0.25) is 9.69 Å². The van der Waals surface area contributed by atoms with Crippen molar-refractivity contribution >= 4 is 50.3 Å². The molecule has 7 nitrogen and oxygen atoms in total. The van der Waals surface area contributed by atoms with Crippen molar-refractivity contribution in [2.75, 3.05) is 32.2 Å². The molecule has 162 valence electrons. The van der Waals surface area contributed by atoms with Crippen molar-refractivity contribution in [2.24, 2.45) is 4.40 Å². The van der Waals surface area contributed by atoms with Crippen molar-refractivity contribution in [1.82, 2.24) is 4.90 Å². The van der Waals surface area contributed by atoms with Crippen molar-refractivity contribution in [2.45, 2.75) is 16.2 Å². The lowest BCUT2D eigenvalue weighted by atomic mass is 10.3. The number of benzene rings is 2. The van der Waals surface area contributed by atoms with Gasteiger partial charge in [0.05, 0.1) is 15.6 Å². The average molecular weight is 476 g/mol. The van der Waals surface area contributed by atoms with E-state index in [1.807, 2.05) is 36.2 Å². The minimum absolute atomic E-state index is 0.0910. The van der Waals surface area contributed by atoms with Gasteiger partial charge in [0.25, 0.3) is 15.9 Å². The molecule has 0 aromatic heterocycles. The van der Waals surface area contributed by atoms with Gasteiger partial charge in [0.2, 0.25) is 0 Å². The molecule has 0 atom stereocenters. The third-order valence-corrected chi connectivity index (χ3v) is 8.59. The zero-order chi connectivity index (χ0) is 22.0. The molecule has 2 aromatic rings. The number of anilines is 1. The number of para-hydroxylation sites is 1. The summed E-state index contributed by atoms with van der Waals surface area (Å²) >= 11 is 2.60. The first-order chi connectivity index (χ1) is 14.9. The van der Waals surface area contributed by atoms with Crippen molar-refractivity contribution in [3.8, 4) is 0 Å². The maximum absolute atomic E-state index is 13.3. The number of thioether (sulfide) groups is 2. The van der Waals surface area contributed by atoms with Crippen LogP contribution < -0.4 is 4.90 Å². The number of fused-ring (bicyclic) bond motifs is 1. The van der Waals surface area contributed by atoms with Gasteiger partial charge in [-0.05, 0) is 42.4 Å². The van der Waals surface area contributed by atoms with Gasteiger partial charge in [0.15, 0.2) is 5.17 Å². The monoisotopic (exact) mass is 475 g/mol. The lowest BCUT2D eigenvalue weighted by molar-refractivity contribution is -0.122. The maximum atomic E-state index is 13.3. The summed E-state index contributed by atoms with van der Waals surface area (Å²) in [6.07, 6.45) is 0.568. The number of amidine groups is 1. The van der Waals surface area contributed by atoms with E-state index in [0.717, 1.165) is 27.4 Å². The summed E-state index contributed by atoms with van der Waals surface area (Å²) in [7, 11) is -0.455. The van der Waals surface area contributed by atoms with Gasteiger partial charge in [0, 0.05) is 32.2 Å². The number of carbonyl (C=O) groups excluding carboxylic acids is 1. The molecule has 1 amide bonds. The fraction of sp³-hybridized carbons (Fsp3) is 0.238. The predicted octanol–water partition coefficient (Wildman–Crippen LogP) is 3.75. The molecule has 31 heavy (non-hydrogen) atoms. The van der Waals surface area contributed by atoms with Gasteiger partial charge >= 0.3 is 0 Å². The number of amides is 1. The first kappa shape index (κ1) is 21.9. The molecule has 2 aliphatic heterocycles. The van der Waals surface area contributed by atoms with Gasteiger partial charge in [-0.2, -0.15) is 8.42 Å². The van der Waals surface area contributed by atoms with Crippen LogP contribution in [-0.4, -0.2) is 51.7 Å². The highest BCUT2D eigenvalue weighted by Gasteiger charge is 2.39. The van der Waals surface area contributed by atoms with E-state index in [9.17, 15) is 13.2 Å². The molecule has 2 heterocycles. The Hall–Kier alpha value is -2.27. The molecule has 0 radical (unpaired) electrons. The second kappa shape index (κ2) is 9.07. The highest BCUT2D eigenvalue weighted by molar-refractivity contribution is 8.19. The SMILES string of the molecule is COCCCN1C(=O)/C(=C2\Sc3ccccc3N2C)SC1=NS(=O)(=O)c1ccccc1. The molecular weight excluding hydrogens is 454 g/mol. The Morgan fingerprint density at radius 2 is 1.74 bits per heavy atom. The molecule has 0 spiro atoms. The van der Waals surface area contributed by atoms with Crippen molar-refractivity contribution in [1.29, 1.82) is 0 Å². The van der Waals surface area contributed by atoms with E-state index >= 15 is 0 Å². The summed E-state index contributed by atoms with van der Waals surface area (Å²) in [4.78, 5) is 18.3. The molecule has 2 aromatic carbocycles. The van der Waals surface area contributed by atoms with Crippen LogP contribution in [0.3, 0.4) is 0 Å². The van der Waals surface area contributed by atoms with Gasteiger partial charge in [-0.25, -0.2) is 0 Å². The number of hydrogen-bond donors (Lipinski definition) is 0. The molecular formula is C21H21N3O4S3. The van der Waals surface area contributed by atoms with Gasteiger partial charge in [-0.15, -0.1) is 4.40 Å². The third-order valence-electron chi connectivity index (χ3n) is 4.77. The molecule has 1 fully saturated rings. The van der Waals surface area contributed by atoms with Crippen LogP contribution in [0, 0.1) is 0 Å². The van der Waals surface area contributed by atoms with Crippen LogP contribution in [0.4, 0.5) is 5.69 Å². The Labute approximate surface area is 190 Å². The molecule has 0 N–H and O–H groups in total. The highest BCUT2D eigenvalue weighted by atomic mass is 32.2. The number of hydrogen-bond acceptors (Lipinski definition) is 7. The Kier molecular flexibility index (Phi) is 6.42. The zero-order valence-corrected chi connectivity index (χ0v) is 19.5. The van der Waals surface area contributed by atoms with Crippen molar-refractivity contribution < 1.29 is 17.9 Å². The number of sulfonamides is 1. The Morgan fingerprint density at radius 3 is 2.45 bits per heavy atom. The fourth-order valence-corrected chi connectivity index (χ4v) is 6.79. The van der Waals surface area contributed by atoms with E-state index in [-0.39, 0.29) is 16.0 Å². The van der Waals surface area contributed by atoms with E-state index in [1.165, 1.54) is 28.8 Å². The highest BCUT2D eigenvalue weighted by Crippen LogP contribution is 2.49. The molecule has 4 rings (SSSR count). The smallest absolute Gasteiger partial charge is 0.284 e. The Bertz CT molecular complexity index is 1160. The third kappa shape index (κ3) is 4.38. The van der Waals surface area contributed by atoms with Crippen molar-refractivity contribution in [3.05, 3.63) is 64.5 Å². The summed E-state index contributed by atoms with van der Waals surface area (Å²) in [5.41, 5.74) is 1.01. The van der Waals surface area contributed by atoms with Crippen LogP contribution >= 0.6 is 23.5 Å². The van der Waals surface area contributed by atoms with E-state index in [0.29, 0.717) is 24.5 Å². The number of nitrogens with zero attached hydrogens (tertiary/aromatic N) is 3. The topological polar surface area (TPSA) is 79.3 Å². The quantitative estimate of drug-likeness (QED) is 0.465. The van der Waals surface area contributed by atoms with Crippen LogP contribution in [-0.2, 0) is 19.6 Å². The summed E-state index contributed by atoms with van der Waals surface area (Å²) in [5.74, 6) is -0.245. The first-order valence-corrected chi connectivity index (χ1v) is 12.6. The molecule has 2 aliphatic rings. The predicted molar refractivity (Wildman–Crippen MR) is 125 cm³/mol. The van der Waals surface area contributed by atoms with Crippen LogP contribution in [0.1, 0.15) is 6.42 Å². The largest absolute Gasteiger partial charge is 0.385 e. The lowest BCUT2D eigenvalue weighted by Gasteiger charge is -2.16. The van der Waals surface area contributed by atoms with E-state index in [1.54, 1.807) is 25.3 Å².